The molecule has 1 heterocycles. The number of aromatic nitrogens is 1. The Morgan fingerprint density at radius 3 is 2.73 bits per heavy atom. The fourth-order valence-corrected chi connectivity index (χ4v) is 0.618. The van der Waals surface area contributed by atoms with E-state index >= 15 is 0 Å². The lowest BCUT2D eigenvalue weighted by atomic mass is 10.4. The van der Waals surface area contributed by atoms with Gasteiger partial charge >= 0.3 is 0 Å². The summed E-state index contributed by atoms with van der Waals surface area (Å²) in [5.74, 6) is -0.572. The van der Waals surface area contributed by atoms with Crippen LogP contribution in [0.4, 0.5) is 5.82 Å². The zero-order valence-corrected chi connectivity index (χ0v) is 6.05. The maximum Gasteiger partial charge on any atom is 0.292 e. The molecule has 0 aliphatic carbocycles. The van der Waals surface area contributed by atoms with Gasteiger partial charge in [-0.15, -0.1) is 0 Å². The maximum absolute atomic E-state index is 10.7. The second-order valence-electron chi connectivity index (χ2n) is 2.09. The molecule has 0 aromatic carbocycles. The molecule has 0 spiro atoms. The van der Waals surface area contributed by atoms with Crippen LogP contribution >= 0.6 is 0 Å². The Morgan fingerprint density at radius 1 is 1.55 bits per heavy atom. The van der Waals surface area contributed by atoms with E-state index in [0.717, 1.165) is 0 Å². The third-order valence-electron chi connectivity index (χ3n) is 1.17. The largest absolute Gasteiger partial charge is 0.348 e. The summed E-state index contributed by atoms with van der Waals surface area (Å²) in [6.45, 7) is 1.22. The Balaban J connectivity index is 2.57. The average Bonchev–Trinajstić information content (AvgIpc) is 2.39. The molecule has 58 valence electrons. The Kier molecular flexibility index (Phi) is 2.06. The van der Waals surface area contributed by atoms with Crippen LogP contribution in [-0.2, 0) is 9.59 Å². The summed E-state index contributed by atoms with van der Waals surface area (Å²) < 4.78 is 0. The van der Waals surface area contributed by atoms with Gasteiger partial charge in [0.1, 0.15) is 5.82 Å². The summed E-state index contributed by atoms with van der Waals surface area (Å²) >= 11 is 0. The summed E-state index contributed by atoms with van der Waals surface area (Å²) in [6, 6.07) is 3.40. The molecule has 1 rings (SSSR count). The van der Waals surface area contributed by atoms with Crippen molar-refractivity contribution in [2.75, 3.05) is 5.32 Å². The number of hydrogen-bond donors (Lipinski definition) is 2. The zero-order chi connectivity index (χ0) is 8.27. The van der Waals surface area contributed by atoms with E-state index in [0.29, 0.717) is 5.82 Å². The predicted molar refractivity (Wildman–Crippen MR) is 40.1 cm³/mol. The highest BCUT2D eigenvalue weighted by molar-refractivity contribution is 6.39. The average molecular weight is 152 g/mol. The number of anilines is 1. The standard InChI is InChI=1S/C7H8N2O2/c1-5(10)7(11)9-6-3-2-4-8-6/h2-4,8H,1H3,(H,9,11). The first-order valence-electron chi connectivity index (χ1n) is 3.15. The predicted octanol–water partition coefficient (Wildman–Crippen LogP) is 0.542. The molecule has 0 radical (unpaired) electrons. The zero-order valence-electron chi connectivity index (χ0n) is 6.05. The van der Waals surface area contributed by atoms with E-state index in [1.807, 2.05) is 0 Å². The fraction of sp³-hybridized carbons (Fsp3) is 0.143. The number of aromatic amines is 1. The SMILES string of the molecule is CC(=O)C(=O)Nc1ccc[nH]1. The van der Waals surface area contributed by atoms with Gasteiger partial charge in [-0.3, -0.25) is 9.59 Å². The van der Waals surface area contributed by atoms with Crippen molar-refractivity contribution in [3.8, 4) is 0 Å². The van der Waals surface area contributed by atoms with E-state index in [-0.39, 0.29) is 0 Å². The van der Waals surface area contributed by atoms with Crippen molar-refractivity contribution in [2.24, 2.45) is 0 Å². The van der Waals surface area contributed by atoms with Crippen LogP contribution in [0.1, 0.15) is 6.92 Å². The van der Waals surface area contributed by atoms with Crippen LogP contribution in [0.15, 0.2) is 18.3 Å². The molecule has 0 saturated heterocycles. The van der Waals surface area contributed by atoms with E-state index in [1.54, 1.807) is 18.3 Å². The Labute approximate surface area is 63.6 Å². The Bertz CT molecular complexity index is 264. The molecule has 1 aromatic heterocycles. The van der Waals surface area contributed by atoms with Crippen LogP contribution in [0.5, 0.6) is 0 Å². The fourth-order valence-electron chi connectivity index (χ4n) is 0.618. The molecule has 0 aliphatic rings. The molecule has 0 saturated carbocycles. The van der Waals surface area contributed by atoms with Gasteiger partial charge in [0.15, 0.2) is 0 Å². The molecular formula is C7H8N2O2. The Hall–Kier alpha value is -1.58. The summed E-state index contributed by atoms with van der Waals surface area (Å²) in [4.78, 5) is 23.9. The molecule has 4 nitrogen and oxygen atoms in total. The van der Waals surface area contributed by atoms with Crippen LogP contribution < -0.4 is 5.32 Å². The van der Waals surface area contributed by atoms with Crippen LogP contribution in [0.2, 0.25) is 0 Å². The van der Waals surface area contributed by atoms with Gasteiger partial charge in [0.05, 0.1) is 0 Å². The summed E-state index contributed by atoms with van der Waals surface area (Å²) in [5, 5.41) is 2.38. The molecule has 0 bridgehead atoms. The molecule has 2 N–H and O–H groups in total. The number of amides is 1. The highest BCUT2D eigenvalue weighted by Crippen LogP contribution is 1.99. The van der Waals surface area contributed by atoms with Crippen molar-refractivity contribution in [1.29, 1.82) is 0 Å². The highest BCUT2D eigenvalue weighted by atomic mass is 16.2. The molecular weight excluding hydrogens is 144 g/mol. The quantitative estimate of drug-likeness (QED) is 0.607. The van der Waals surface area contributed by atoms with E-state index in [4.69, 9.17) is 0 Å². The molecule has 11 heavy (non-hydrogen) atoms. The van der Waals surface area contributed by atoms with Gasteiger partial charge < -0.3 is 10.3 Å². The third-order valence-corrected chi connectivity index (χ3v) is 1.17. The number of Topliss-reactive ketones (excluding diaryl/α,β-unsaturated/α-hetero) is 1. The van der Waals surface area contributed by atoms with Crippen molar-refractivity contribution >= 4 is 17.5 Å². The number of hydrogen-bond acceptors (Lipinski definition) is 2. The number of nitrogens with one attached hydrogen (secondary N) is 2. The summed E-state index contributed by atoms with van der Waals surface area (Å²) in [5.41, 5.74) is 0. The number of ketones is 1. The molecule has 0 aliphatic heterocycles. The summed E-state index contributed by atoms with van der Waals surface area (Å²) in [6.07, 6.45) is 1.66. The van der Waals surface area contributed by atoms with Crippen LogP contribution in [0, 0.1) is 0 Å². The van der Waals surface area contributed by atoms with Crippen LogP contribution in [-0.4, -0.2) is 16.7 Å². The first-order chi connectivity index (χ1) is 5.20. The second-order valence-corrected chi connectivity index (χ2v) is 2.09. The van der Waals surface area contributed by atoms with Crippen molar-refractivity contribution in [3.63, 3.8) is 0 Å². The molecule has 1 aromatic rings. The van der Waals surface area contributed by atoms with Gasteiger partial charge in [0, 0.05) is 13.1 Å². The van der Waals surface area contributed by atoms with Crippen LogP contribution in [0.25, 0.3) is 0 Å². The lowest BCUT2D eigenvalue weighted by Gasteiger charge is -1.96. The van der Waals surface area contributed by atoms with Crippen molar-refractivity contribution in [3.05, 3.63) is 18.3 Å². The van der Waals surface area contributed by atoms with Crippen LogP contribution in [0.3, 0.4) is 0 Å². The third kappa shape index (κ3) is 1.93. The smallest absolute Gasteiger partial charge is 0.292 e. The minimum atomic E-state index is -0.604. The van der Waals surface area contributed by atoms with E-state index in [9.17, 15) is 9.59 Å². The second kappa shape index (κ2) is 3.01. The van der Waals surface area contributed by atoms with Crippen molar-refractivity contribution in [2.45, 2.75) is 6.92 Å². The van der Waals surface area contributed by atoms with E-state index in [2.05, 4.69) is 10.3 Å². The monoisotopic (exact) mass is 152 g/mol. The lowest BCUT2D eigenvalue weighted by Crippen LogP contribution is -2.19. The van der Waals surface area contributed by atoms with Gasteiger partial charge in [-0.05, 0) is 12.1 Å². The molecule has 0 fully saturated rings. The first-order valence-corrected chi connectivity index (χ1v) is 3.15. The van der Waals surface area contributed by atoms with E-state index < -0.39 is 11.7 Å². The lowest BCUT2D eigenvalue weighted by molar-refractivity contribution is -0.133. The van der Waals surface area contributed by atoms with Crippen molar-refractivity contribution < 1.29 is 9.59 Å². The van der Waals surface area contributed by atoms with Gasteiger partial charge in [-0.25, -0.2) is 0 Å². The highest BCUT2D eigenvalue weighted by Gasteiger charge is 2.06. The maximum atomic E-state index is 10.7. The molecule has 0 atom stereocenters. The summed E-state index contributed by atoms with van der Waals surface area (Å²) in [7, 11) is 0. The molecule has 0 unspecified atom stereocenters. The molecule has 1 amide bonds. The number of carbonyl (C=O) groups is 2. The normalized spacial score (nSPS) is 9.18. The minimum Gasteiger partial charge on any atom is -0.348 e. The van der Waals surface area contributed by atoms with Gasteiger partial charge in [0.2, 0.25) is 5.78 Å². The number of H-pyrrole nitrogens is 1. The van der Waals surface area contributed by atoms with Gasteiger partial charge in [-0.1, -0.05) is 0 Å². The Morgan fingerprint density at radius 2 is 2.27 bits per heavy atom. The minimum absolute atomic E-state index is 0.500. The number of rotatable bonds is 2. The van der Waals surface area contributed by atoms with E-state index in [1.165, 1.54) is 6.92 Å². The topological polar surface area (TPSA) is 62.0 Å². The first kappa shape index (κ1) is 7.53. The van der Waals surface area contributed by atoms with Gasteiger partial charge in [0.25, 0.3) is 5.91 Å². The number of carbonyl (C=O) groups excluding carboxylic acids is 2. The molecule has 4 heteroatoms. The van der Waals surface area contributed by atoms with Gasteiger partial charge in [-0.2, -0.15) is 0 Å². The van der Waals surface area contributed by atoms with Crippen molar-refractivity contribution in [1.82, 2.24) is 4.98 Å².